The summed E-state index contributed by atoms with van der Waals surface area (Å²) in [5.41, 5.74) is 2.69. The molecular formula is C26H24N2O4. The van der Waals surface area contributed by atoms with Crippen molar-refractivity contribution in [2.24, 2.45) is 0 Å². The summed E-state index contributed by atoms with van der Waals surface area (Å²) in [7, 11) is 0. The van der Waals surface area contributed by atoms with Crippen molar-refractivity contribution in [1.29, 1.82) is 0 Å². The molecule has 4 rings (SSSR count). The third-order valence-corrected chi connectivity index (χ3v) is 5.17. The lowest BCUT2D eigenvalue weighted by Crippen LogP contribution is -2.26. The number of hydrogen-bond acceptors (Lipinski definition) is 4. The number of Topliss-reactive ketones (excluding diaryl/α,β-unsaturated/α-hetero) is 1. The Bertz CT molecular complexity index is 1190. The van der Waals surface area contributed by atoms with Crippen LogP contribution >= 0.6 is 0 Å². The molecule has 0 aliphatic heterocycles. The fourth-order valence-corrected chi connectivity index (χ4v) is 3.31. The highest BCUT2D eigenvalue weighted by molar-refractivity contribution is 5.94. The standard InChI is InChI=1S/C26H24N2O4/c1-18(20-5-9-22(10-6-20)28-15-3-4-16-28)27-26(30)25-14-13-24(32-25)17-31-23-11-7-21(8-12-23)19(2)29/h3-16,18H,17H2,1-2H3,(H,27,30). The Morgan fingerprint density at radius 1 is 0.969 bits per heavy atom. The van der Waals surface area contributed by atoms with E-state index < -0.39 is 0 Å². The largest absolute Gasteiger partial charge is 0.486 e. The number of rotatable bonds is 8. The Kier molecular flexibility index (Phi) is 6.22. The lowest BCUT2D eigenvalue weighted by atomic mass is 10.1. The Hall–Kier alpha value is -4.06. The predicted molar refractivity (Wildman–Crippen MR) is 121 cm³/mol. The van der Waals surface area contributed by atoms with Crippen molar-refractivity contribution in [3.8, 4) is 11.4 Å². The van der Waals surface area contributed by atoms with Crippen LogP contribution in [0.2, 0.25) is 0 Å². The van der Waals surface area contributed by atoms with Gasteiger partial charge < -0.3 is 19.0 Å². The average Bonchev–Trinajstić information content (AvgIpc) is 3.50. The zero-order valence-corrected chi connectivity index (χ0v) is 17.9. The highest BCUT2D eigenvalue weighted by Gasteiger charge is 2.15. The summed E-state index contributed by atoms with van der Waals surface area (Å²) in [5.74, 6) is 1.10. The molecule has 4 aromatic rings. The molecule has 1 atom stereocenters. The fraction of sp³-hybridized carbons (Fsp3) is 0.154. The molecule has 0 bridgehead atoms. The number of carbonyl (C=O) groups is 2. The number of benzene rings is 2. The molecule has 32 heavy (non-hydrogen) atoms. The highest BCUT2D eigenvalue weighted by Crippen LogP contribution is 2.19. The number of aromatic nitrogens is 1. The summed E-state index contributed by atoms with van der Waals surface area (Å²) < 4.78 is 13.3. The summed E-state index contributed by atoms with van der Waals surface area (Å²) in [6.07, 6.45) is 3.97. The lowest BCUT2D eigenvalue weighted by molar-refractivity contribution is 0.0907. The normalized spacial score (nSPS) is 11.7. The molecule has 0 saturated carbocycles. The molecule has 6 nitrogen and oxygen atoms in total. The molecule has 1 N–H and O–H groups in total. The van der Waals surface area contributed by atoms with E-state index in [1.54, 1.807) is 36.4 Å². The number of ketones is 1. The molecule has 1 amide bonds. The molecule has 0 aliphatic rings. The summed E-state index contributed by atoms with van der Waals surface area (Å²) in [6.45, 7) is 3.63. The average molecular weight is 428 g/mol. The molecule has 0 saturated heterocycles. The zero-order valence-electron chi connectivity index (χ0n) is 17.9. The van der Waals surface area contributed by atoms with Crippen molar-refractivity contribution in [2.45, 2.75) is 26.5 Å². The van der Waals surface area contributed by atoms with Crippen molar-refractivity contribution in [3.05, 3.63) is 108 Å². The van der Waals surface area contributed by atoms with Crippen molar-refractivity contribution in [1.82, 2.24) is 9.88 Å². The molecule has 0 spiro atoms. The minimum Gasteiger partial charge on any atom is -0.486 e. The Morgan fingerprint density at radius 3 is 2.31 bits per heavy atom. The van der Waals surface area contributed by atoms with E-state index in [-0.39, 0.29) is 30.1 Å². The number of amides is 1. The maximum atomic E-state index is 12.6. The van der Waals surface area contributed by atoms with E-state index in [4.69, 9.17) is 9.15 Å². The second kappa shape index (κ2) is 9.39. The van der Waals surface area contributed by atoms with Crippen LogP contribution < -0.4 is 10.1 Å². The van der Waals surface area contributed by atoms with Gasteiger partial charge in [-0.15, -0.1) is 0 Å². The van der Waals surface area contributed by atoms with Crippen molar-refractivity contribution in [3.63, 3.8) is 0 Å². The van der Waals surface area contributed by atoms with Gasteiger partial charge in [0.25, 0.3) is 5.91 Å². The number of nitrogens with one attached hydrogen (secondary N) is 1. The maximum Gasteiger partial charge on any atom is 0.287 e. The van der Waals surface area contributed by atoms with Crippen LogP contribution in [-0.4, -0.2) is 16.3 Å². The molecule has 0 aliphatic carbocycles. The zero-order chi connectivity index (χ0) is 22.5. The smallest absolute Gasteiger partial charge is 0.287 e. The third kappa shape index (κ3) is 4.98. The van der Waals surface area contributed by atoms with Gasteiger partial charge in [0.2, 0.25) is 0 Å². The van der Waals surface area contributed by atoms with Crippen LogP contribution in [0.25, 0.3) is 5.69 Å². The van der Waals surface area contributed by atoms with E-state index in [0.717, 1.165) is 11.3 Å². The summed E-state index contributed by atoms with van der Waals surface area (Å²) >= 11 is 0. The van der Waals surface area contributed by atoms with E-state index in [1.165, 1.54) is 6.92 Å². The Labute approximate surface area is 186 Å². The summed E-state index contributed by atoms with van der Waals surface area (Å²) in [4.78, 5) is 23.9. The first-order valence-corrected chi connectivity index (χ1v) is 10.4. The van der Waals surface area contributed by atoms with Crippen molar-refractivity contribution < 1.29 is 18.7 Å². The van der Waals surface area contributed by atoms with Gasteiger partial charge in [-0.05, 0) is 80.1 Å². The van der Waals surface area contributed by atoms with E-state index in [9.17, 15) is 9.59 Å². The quantitative estimate of drug-likeness (QED) is 0.384. The fourth-order valence-electron chi connectivity index (χ4n) is 3.31. The monoisotopic (exact) mass is 428 g/mol. The van der Waals surface area contributed by atoms with Gasteiger partial charge in [-0.25, -0.2) is 0 Å². The Balaban J connectivity index is 1.32. The maximum absolute atomic E-state index is 12.6. The third-order valence-electron chi connectivity index (χ3n) is 5.17. The minimum absolute atomic E-state index is 0.00399. The first kappa shape index (κ1) is 21.2. The number of nitrogens with zero attached hydrogens (tertiary/aromatic N) is 1. The molecule has 2 aromatic heterocycles. The van der Waals surface area contributed by atoms with Crippen molar-refractivity contribution in [2.75, 3.05) is 0 Å². The lowest BCUT2D eigenvalue weighted by Gasteiger charge is -2.14. The molecule has 2 heterocycles. The van der Waals surface area contributed by atoms with Gasteiger partial charge in [-0.1, -0.05) is 12.1 Å². The van der Waals surface area contributed by atoms with Gasteiger partial charge >= 0.3 is 0 Å². The topological polar surface area (TPSA) is 73.5 Å². The van der Waals surface area contributed by atoms with E-state index in [1.807, 2.05) is 60.3 Å². The van der Waals surface area contributed by atoms with Crippen LogP contribution in [0.4, 0.5) is 0 Å². The van der Waals surface area contributed by atoms with Gasteiger partial charge in [0.15, 0.2) is 11.5 Å². The van der Waals surface area contributed by atoms with Gasteiger partial charge in [0.05, 0.1) is 6.04 Å². The molecule has 0 radical (unpaired) electrons. The van der Waals surface area contributed by atoms with E-state index in [0.29, 0.717) is 17.1 Å². The predicted octanol–water partition coefficient (Wildman–Crippen LogP) is 5.34. The van der Waals surface area contributed by atoms with Gasteiger partial charge in [-0.3, -0.25) is 9.59 Å². The van der Waals surface area contributed by atoms with Crippen LogP contribution in [0.15, 0.2) is 89.6 Å². The van der Waals surface area contributed by atoms with Crippen LogP contribution in [-0.2, 0) is 6.61 Å². The van der Waals surface area contributed by atoms with Crippen LogP contribution in [0, 0.1) is 0 Å². The minimum atomic E-state index is -0.288. The van der Waals surface area contributed by atoms with Gasteiger partial charge in [0, 0.05) is 23.6 Å². The van der Waals surface area contributed by atoms with Crippen LogP contribution in [0.3, 0.4) is 0 Å². The number of hydrogen-bond donors (Lipinski definition) is 1. The molecule has 2 aromatic carbocycles. The highest BCUT2D eigenvalue weighted by atomic mass is 16.5. The van der Waals surface area contributed by atoms with E-state index in [2.05, 4.69) is 5.32 Å². The first-order valence-electron chi connectivity index (χ1n) is 10.4. The molecule has 1 unspecified atom stereocenters. The summed E-state index contributed by atoms with van der Waals surface area (Å²) in [5, 5.41) is 2.96. The van der Waals surface area contributed by atoms with Crippen LogP contribution in [0.1, 0.15) is 52.1 Å². The van der Waals surface area contributed by atoms with Gasteiger partial charge in [-0.2, -0.15) is 0 Å². The van der Waals surface area contributed by atoms with Gasteiger partial charge in [0.1, 0.15) is 18.1 Å². The molecule has 162 valence electrons. The Morgan fingerprint density at radius 2 is 1.66 bits per heavy atom. The number of ether oxygens (including phenoxy) is 1. The molecule has 0 fully saturated rings. The number of carbonyl (C=O) groups excluding carboxylic acids is 2. The summed E-state index contributed by atoms with van der Waals surface area (Å²) in [6, 6.07) is 22.1. The number of furan rings is 1. The van der Waals surface area contributed by atoms with E-state index >= 15 is 0 Å². The molecule has 6 heteroatoms. The van der Waals surface area contributed by atoms with Crippen molar-refractivity contribution >= 4 is 11.7 Å². The SMILES string of the molecule is CC(=O)c1ccc(OCc2ccc(C(=O)NC(C)c3ccc(-n4cccc4)cc3)o2)cc1. The van der Waals surface area contributed by atoms with Crippen LogP contribution in [0.5, 0.6) is 5.75 Å². The second-order valence-electron chi connectivity index (χ2n) is 7.51. The molecular weight excluding hydrogens is 404 g/mol. The second-order valence-corrected chi connectivity index (χ2v) is 7.51. The first-order chi connectivity index (χ1) is 15.5.